The van der Waals surface area contributed by atoms with E-state index in [2.05, 4.69) is 31.7 Å². The fourth-order valence-electron chi connectivity index (χ4n) is 1.84. The van der Waals surface area contributed by atoms with Crippen LogP contribution in [-0.2, 0) is 4.79 Å². The largest absolute Gasteiger partial charge is 0.352 e. The van der Waals surface area contributed by atoms with Crippen molar-refractivity contribution in [2.24, 2.45) is 0 Å². The average Bonchev–Trinajstić information content (AvgIpc) is 2.91. The minimum absolute atomic E-state index is 0.0368. The molecule has 1 aromatic heterocycles. The van der Waals surface area contributed by atoms with Crippen LogP contribution in [0.5, 0.6) is 0 Å². The van der Waals surface area contributed by atoms with Crippen molar-refractivity contribution in [3.63, 3.8) is 0 Å². The number of hydrogen-bond donors (Lipinski definition) is 2. The van der Waals surface area contributed by atoms with Gasteiger partial charge in [-0.1, -0.05) is 0 Å². The van der Waals surface area contributed by atoms with E-state index in [-0.39, 0.29) is 24.4 Å². The fraction of sp³-hybridized carbons (Fsp3) is 0.267. The van der Waals surface area contributed by atoms with Gasteiger partial charge in [0.05, 0.1) is 22.9 Å². The molecule has 7 heteroatoms. The molecule has 0 aliphatic rings. The number of carbonyl (C=O) groups excluding carboxylic acids is 2. The molecule has 2 rings (SSSR count). The molecule has 0 bridgehead atoms. The van der Waals surface area contributed by atoms with Crippen molar-refractivity contribution in [2.75, 3.05) is 6.54 Å². The molecule has 0 atom stereocenters. The van der Waals surface area contributed by atoms with Crippen LogP contribution in [0.3, 0.4) is 0 Å². The van der Waals surface area contributed by atoms with Crippen molar-refractivity contribution in [2.45, 2.75) is 19.9 Å². The molecule has 2 amide bonds. The summed E-state index contributed by atoms with van der Waals surface area (Å²) in [6, 6.07) is 7.03. The van der Waals surface area contributed by atoms with Crippen LogP contribution in [0.4, 0.5) is 0 Å². The zero-order valence-corrected chi connectivity index (χ0v) is 13.9. The van der Waals surface area contributed by atoms with Crippen molar-refractivity contribution >= 4 is 27.7 Å². The second-order valence-corrected chi connectivity index (χ2v) is 5.97. The first kappa shape index (κ1) is 16.2. The number of halogens is 1. The third-order valence-corrected chi connectivity index (χ3v) is 3.21. The monoisotopic (exact) mass is 364 g/mol. The van der Waals surface area contributed by atoms with Gasteiger partial charge in [0.15, 0.2) is 0 Å². The van der Waals surface area contributed by atoms with Crippen molar-refractivity contribution in [1.29, 1.82) is 0 Å². The second kappa shape index (κ2) is 7.22. The Bertz CT molecular complexity index is 664. The van der Waals surface area contributed by atoms with Gasteiger partial charge in [0.25, 0.3) is 5.91 Å². The van der Waals surface area contributed by atoms with Crippen molar-refractivity contribution < 1.29 is 9.59 Å². The van der Waals surface area contributed by atoms with Crippen LogP contribution in [0.25, 0.3) is 5.69 Å². The summed E-state index contributed by atoms with van der Waals surface area (Å²) >= 11 is 3.33. The summed E-state index contributed by atoms with van der Waals surface area (Å²) in [6.07, 6.45) is 3.51. The predicted octanol–water partition coefficient (Wildman–Crippen LogP) is 1.89. The molecule has 22 heavy (non-hydrogen) atoms. The number of hydrogen-bond acceptors (Lipinski definition) is 3. The lowest BCUT2D eigenvalue weighted by Crippen LogP contribution is -2.39. The maximum absolute atomic E-state index is 12.0. The molecule has 0 aliphatic carbocycles. The van der Waals surface area contributed by atoms with Gasteiger partial charge in [-0.05, 0) is 54.0 Å². The molecule has 1 heterocycles. The molecular formula is C15H17BrN4O2. The number of nitrogens with one attached hydrogen (secondary N) is 2. The highest BCUT2D eigenvalue weighted by atomic mass is 79.9. The Morgan fingerprint density at radius 1 is 1.27 bits per heavy atom. The minimum atomic E-state index is -0.285. The Balaban J connectivity index is 1.95. The van der Waals surface area contributed by atoms with E-state index in [1.54, 1.807) is 35.1 Å². The number of aromatic nitrogens is 2. The maximum Gasteiger partial charge on any atom is 0.251 e. The summed E-state index contributed by atoms with van der Waals surface area (Å²) in [6.45, 7) is 3.70. The van der Waals surface area contributed by atoms with Gasteiger partial charge in [0.2, 0.25) is 5.91 Å². The summed E-state index contributed by atoms with van der Waals surface area (Å²) in [7, 11) is 0. The van der Waals surface area contributed by atoms with Gasteiger partial charge >= 0.3 is 0 Å². The standard InChI is InChI=1S/C15H17BrN4O2/c1-10(2)19-14(21)8-17-15(22)11-3-5-13(6-4-11)20-9-12(16)7-18-20/h3-7,9-10H,8H2,1-2H3,(H,17,22)(H,19,21). The molecule has 2 aromatic rings. The first-order valence-electron chi connectivity index (χ1n) is 6.84. The quantitative estimate of drug-likeness (QED) is 0.850. The van der Waals surface area contributed by atoms with E-state index in [9.17, 15) is 9.59 Å². The van der Waals surface area contributed by atoms with E-state index in [0.717, 1.165) is 10.2 Å². The molecule has 116 valence electrons. The summed E-state index contributed by atoms with van der Waals surface area (Å²) in [5.74, 6) is -0.492. The second-order valence-electron chi connectivity index (χ2n) is 5.05. The fourth-order valence-corrected chi connectivity index (χ4v) is 2.13. The summed E-state index contributed by atoms with van der Waals surface area (Å²) in [5.41, 5.74) is 1.34. The molecule has 0 saturated carbocycles. The minimum Gasteiger partial charge on any atom is -0.352 e. The third-order valence-electron chi connectivity index (χ3n) is 2.80. The van der Waals surface area contributed by atoms with Crippen LogP contribution in [0, 0.1) is 0 Å². The SMILES string of the molecule is CC(C)NC(=O)CNC(=O)c1ccc(-n2cc(Br)cn2)cc1. The Hall–Kier alpha value is -2.15. The maximum atomic E-state index is 12.0. The molecule has 1 aromatic carbocycles. The lowest BCUT2D eigenvalue weighted by Gasteiger charge is -2.09. The first-order valence-corrected chi connectivity index (χ1v) is 7.63. The summed E-state index contributed by atoms with van der Waals surface area (Å²) in [4.78, 5) is 23.5. The normalized spacial score (nSPS) is 10.5. The molecule has 2 N–H and O–H groups in total. The highest BCUT2D eigenvalue weighted by Crippen LogP contribution is 2.13. The number of benzene rings is 1. The van der Waals surface area contributed by atoms with E-state index in [0.29, 0.717) is 5.56 Å². The summed E-state index contributed by atoms with van der Waals surface area (Å²) < 4.78 is 2.58. The van der Waals surface area contributed by atoms with E-state index in [1.165, 1.54) is 0 Å². The van der Waals surface area contributed by atoms with Gasteiger partial charge in [-0.3, -0.25) is 9.59 Å². The topological polar surface area (TPSA) is 76.0 Å². The lowest BCUT2D eigenvalue weighted by atomic mass is 10.2. The molecule has 0 spiro atoms. The zero-order valence-electron chi connectivity index (χ0n) is 12.3. The molecule has 0 saturated heterocycles. The molecule has 6 nitrogen and oxygen atoms in total. The third kappa shape index (κ3) is 4.42. The van der Waals surface area contributed by atoms with Crippen molar-refractivity contribution in [1.82, 2.24) is 20.4 Å². The zero-order chi connectivity index (χ0) is 16.1. The predicted molar refractivity (Wildman–Crippen MR) is 86.9 cm³/mol. The average molecular weight is 365 g/mol. The van der Waals surface area contributed by atoms with Crippen LogP contribution in [0.1, 0.15) is 24.2 Å². The van der Waals surface area contributed by atoms with Crippen LogP contribution < -0.4 is 10.6 Å². The molecule has 0 radical (unpaired) electrons. The van der Waals surface area contributed by atoms with Gasteiger partial charge in [0, 0.05) is 17.8 Å². The van der Waals surface area contributed by atoms with Crippen molar-refractivity contribution in [3.05, 3.63) is 46.7 Å². The Labute approximate surface area is 137 Å². The highest BCUT2D eigenvalue weighted by Gasteiger charge is 2.09. The first-order chi connectivity index (χ1) is 10.5. The molecule has 0 aliphatic heterocycles. The van der Waals surface area contributed by atoms with Crippen LogP contribution >= 0.6 is 15.9 Å². The Kier molecular flexibility index (Phi) is 5.32. The smallest absolute Gasteiger partial charge is 0.251 e. The number of amides is 2. The van der Waals surface area contributed by atoms with Gasteiger partial charge < -0.3 is 10.6 Å². The van der Waals surface area contributed by atoms with E-state index in [1.807, 2.05) is 20.0 Å². The van der Waals surface area contributed by atoms with Crippen LogP contribution in [-0.4, -0.2) is 34.2 Å². The van der Waals surface area contributed by atoms with Gasteiger partial charge in [0.1, 0.15) is 0 Å². The highest BCUT2D eigenvalue weighted by molar-refractivity contribution is 9.10. The molecular weight excluding hydrogens is 348 g/mol. The van der Waals surface area contributed by atoms with Gasteiger partial charge in [-0.2, -0.15) is 5.10 Å². The summed E-state index contributed by atoms with van der Waals surface area (Å²) in [5, 5.41) is 9.46. The molecule has 0 unspecified atom stereocenters. The van der Waals surface area contributed by atoms with E-state index >= 15 is 0 Å². The van der Waals surface area contributed by atoms with E-state index < -0.39 is 0 Å². The van der Waals surface area contributed by atoms with Gasteiger partial charge in [-0.25, -0.2) is 4.68 Å². The Morgan fingerprint density at radius 3 is 2.50 bits per heavy atom. The number of rotatable bonds is 5. The Morgan fingerprint density at radius 2 is 1.95 bits per heavy atom. The number of carbonyl (C=O) groups is 2. The van der Waals surface area contributed by atoms with Crippen LogP contribution in [0.15, 0.2) is 41.1 Å². The van der Waals surface area contributed by atoms with Crippen LogP contribution in [0.2, 0.25) is 0 Å². The lowest BCUT2D eigenvalue weighted by molar-refractivity contribution is -0.120. The van der Waals surface area contributed by atoms with E-state index in [4.69, 9.17) is 0 Å². The molecule has 0 fully saturated rings. The number of nitrogens with zero attached hydrogens (tertiary/aromatic N) is 2. The van der Waals surface area contributed by atoms with Crippen molar-refractivity contribution in [3.8, 4) is 5.69 Å². The van der Waals surface area contributed by atoms with Gasteiger partial charge in [-0.15, -0.1) is 0 Å².